The van der Waals surface area contributed by atoms with Crippen LogP contribution in [0.15, 0.2) is 29.3 Å². The first-order valence-corrected chi connectivity index (χ1v) is 7.38. The molecule has 0 unspecified atom stereocenters. The summed E-state index contributed by atoms with van der Waals surface area (Å²) in [5.74, 6) is 0. The highest BCUT2D eigenvalue weighted by atomic mass is 35.5. The van der Waals surface area contributed by atoms with Gasteiger partial charge >= 0.3 is 0 Å². The Morgan fingerprint density at radius 2 is 1.95 bits per heavy atom. The predicted octanol–water partition coefficient (Wildman–Crippen LogP) is 2.17. The van der Waals surface area contributed by atoms with Gasteiger partial charge in [-0.25, -0.2) is 9.97 Å². The molecule has 0 spiro atoms. The summed E-state index contributed by atoms with van der Waals surface area (Å²) in [6.45, 7) is 1.65. The van der Waals surface area contributed by atoms with Crippen LogP contribution in [0.5, 0.6) is 0 Å². The largest absolute Gasteiger partial charge is 0.315 e. The number of aromatic nitrogens is 2. The van der Waals surface area contributed by atoms with Crippen molar-refractivity contribution in [2.45, 2.75) is 16.7 Å². The second-order valence-corrected chi connectivity index (χ2v) is 6.23. The van der Waals surface area contributed by atoms with Crippen LogP contribution in [0.2, 0.25) is 5.15 Å². The lowest BCUT2D eigenvalue weighted by Crippen LogP contribution is -2.20. The van der Waals surface area contributed by atoms with Crippen molar-refractivity contribution in [2.75, 3.05) is 13.1 Å². The van der Waals surface area contributed by atoms with Gasteiger partial charge in [-0.1, -0.05) is 23.7 Å². The molecule has 1 aromatic heterocycles. The summed E-state index contributed by atoms with van der Waals surface area (Å²) in [6.07, 6.45) is 0.886. The molecule has 1 aliphatic rings. The minimum absolute atomic E-state index is 0. The average molecular weight is 318 g/mol. The maximum absolute atomic E-state index is 12.4. The van der Waals surface area contributed by atoms with E-state index in [1.165, 1.54) is 0 Å². The molecular formula is C12H13Cl2N3OS. The molecular weight excluding hydrogens is 305 g/mol. The fraction of sp³-hybridized carbons (Fsp3) is 0.333. The van der Waals surface area contributed by atoms with E-state index in [0.717, 1.165) is 30.5 Å². The second-order valence-electron chi connectivity index (χ2n) is 4.22. The number of hydrogen-bond donors (Lipinski definition) is 1. The molecule has 3 rings (SSSR count). The average Bonchev–Trinajstić information content (AvgIpc) is 2.91. The number of para-hydroxylation sites is 2. The molecule has 1 saturated heterocycles. The summed E-state index contributed by atoms with van der Waals surface area (Å²) >= 11 is 6.09. The Labute approximate surface area is 124 Å². The lowest BCUT2D eigenvalue weighted by molar-refractivity contribution is 0.669. The molecule has 2 heterocycles. The van der Waals surface area contributed by atoms with Crippen molar-refractivity contribution in [3.8, 4) is 0 Å². The van der Waals surface area contributed by atoms with Crippen molar-refractivity contribution < 1.29 is 4.21 Å². The number of benzene rings is 1. The van der Waals surface area contributed by atoms with Gasteiger partial charge in [0.25, 0.3) is 0 Å². The molecule has 0 radical (unpaired) electrons. The highest BCUT2D eigenvalue weighted by Gasteiger charge is 2.25. The van der Waals surface area contributed by atoms with E-state index in [-0.39, 0.29) is 22.8 Å². The van der Waals surface area contributed by atoms with Crippen molar-refractivity contribution in [3.63, 3.8) is 0 Å². The number of fused-ring (bicyclic) bond motifs is 1. The summed E-state index contributed by atoms with van der Waals surface area (Å²) in [7, 11) is -1.19. The van der Waals surface area contributed by atoms with Gasteiger partial charge in [-0.15, -0.1) is 12.4 Å². The van der Waals surface area contributed by atoms with Crippen molar-refractivity contribution in [2.24, 2.45) is 0 Å². The van der Waals surface area contributed by atoms with Gasteiger partial charge in [-0.2, -0.15) is 0 Å². The first-order valence-electron chi connectivity index (χ1n) is 5.79. The van der Waals surface area contributed by atoms with Gasteiger partial charge in [0, 0.05) is 6.54 Å². The first-order chi connectivity index (χ1) is 8.75. The molecule has 1 aromatic carbocycles. The number of rotatable bonds is 2. The van der Waals surface area contributed by atoms with Crippen LogP contribution >= 0.6 is 24.0 Å². The third kappa shape index (κ3) is 2.89. The summed E-state index contributed by atoms with van der Waals surface area (Å²) in [6, 6.07) is 7.46. The molecule has 2 atom stereocenters. The Morgan fingerprint density at radius 3 is 2.58 bits per heavy atom. The van der Waals surface area contributed by atoms with Crippen molar-refractivity contribution >= 4 is 45.8 Å². The number of nitrogens with one attached hydrogen (secondary N) is 1. The highest BCUT2D eigenvalue weighted by molar-refractivity contribution is 7.85. The van der Waals surface area contributed by atoms with Gasteiger partial charge in [-0.05, 0) is 25.1 Å². The smallest absolute Gasteiger partial charge is 0.165 e. The predicted molar refractivity (Wildman–Crippen MR) is 79.5 cm³/mol. The molecule has 0 aliphatic carbocycles. The van der Waals surface area contributed by atoms with Crippen LogP contribution in [-0.2, 0) is 10.8 Å². The highest BCUT2D eigenvalue weighted by Crippen LogP contribution is 2.23. The molecule has 2 aromatic rings. The van der Waals surface area contributed by atoms with E-state index in [1.54, 1.807) is 0 Å². The maximum atomic E-state index is 12.4. The van der Waals surface area contributed by atoms with Crippen LogP contribution in [0.1, 0.15) is 6.42 Å². The van der Waals surface area contributed by atoms with E-state index in [9.17, 15) is 4.21 Å². The van der Waals surface area contributed by atoms with E-state index < -0.39 is 10.8 Å². The first kappa shape index (κ1) is 14.7. The van der Waals surface area contributed by atoms with E-state index in [0.29, 0.717) is 5.03 Å². The number of halogens is 2. The molecule has 19 heavy (non-hydrogen) atoms. The minimum Gasteiger partial charge on any atom is -0.315 e. The van der Waals surface area contributed by atoms with Crippen LogP contribution in [0, 0.1) is 0 Å². The summed E-state index contributed by atoms with van der Waals surface area (Å²) in [5, 5.41) is 3.93. The molecule has 1 N–H and O–H groups in total. The summed E-state index contributed by atoms with van der Waals surface area (Å²) in [5.41, 5.74) is 1.46. The van der Waals surface area contributed by atoms with Gasteiger partial charge in [0.05, 0.1) is 27.1 Å². The third-order valence-electron chi connectivity index (χ3n) is 3.01. The Hall–Kier alpha value is -0.750. The molecule has 4 nitrogen and oxygen atoms in total. The fourth-order valence-corrected chi connectivity index (χ4v) is 3.74. The second kappa shape index (κ2) is 6.13. The van der Waals surface area contributed by atoms with Gasteiger partial charge in [0.1, 0.15) is 0 Å². The topological polar surface area (TPSA) is 54.9 Å². The normalized spacial score (nSPS) is 20.2. The van der Waals surface area contributed by atoms with Gasteiger partial charge in [0.2, 0.25) is 0 Å². The van der Waals surface area contributed by atoms with Crippen LogP contribution in [0.25, 0.3) is 11.0 Å². The molecule has 102 valence electrons. The van der Waals surface area contributed by atoms with Crippen molar-refractivity contribution in [1.29, 1.82) is 0 Å². The van der Waals surface area contributed by atoms with Crippen LogP contribution < -0.4 is 5.32 Å². The van der Waals surface area contributed by atoms with E-state index in [2.05, 4.69) is 15.3 Å². The number of hydrogen-bond acceptors (Lipinski definition) is 4. The third-order valence-corrected chi connectivity index (χ3v) is 5.06. The summed E-state index contributed by atoms with van der Waals surface area (Å²) < 4.78 is 12.4. The summed E-state index contributed by atoms with van der Waals surface area (Å²) in [4.78, 5) is 8.65. The monoisotopic (exact) mass is 317 g/mol. The quantitative estimate of drug-likeness (QED) is 0.922. The van der Waals surface area contributed by atoms with E-state index >= 15 is 0 Å². The van der Waals surface area contributed by atoms with Gasteiger partial charge in [-0.3, -0.25) is 4.21 Å². The van der Waals surface area contributed by atoms with Crippen LogP contribution in [-0.4, -0.2) is 32.5 Å². The van der Waals surface area contributed by atoms with Crippen LogP contribution in [0.3, 0.4) is 0 Å². The molecule has 0 amide bonds. The zero-order valence-electron chi connectivity index (χ0n) is 10.0. The molecule has 1 fully saturated rings. The SMILES string of the molecule is Cl.O=[S@](c1nc2ccccc2nc1Cl)[C@@H]1CCNC1. The standard InChI is InChI=1S/C12H12ClN3OS.ClH/c13-11-12(18(17)8-5-6-14-7-8)16-10-4-2-1-3-9(10)15-11;/h1-4,8,14H,5-7H2;1H/t8-,18+;/m1./s1. The van der Waals surface area contributed by atoms with E-state index in [1.807, 2.05) is 24.3 Å². The fourth-order valence-electron chi connectivity index (χ4n) is 2.06. The number of nitrogens with zero attached hydrogens (tertiary/aromatic N) is 2. The molecule has 1 aliphatic heterocycles. The van der Waals surface area contributed by atoms with Gasteiger partial charge in [0.15, 0.2) is 10.2 Å². The Balaban J connectivity index is 0.00000133. The molecule has 0 bridgehead atoms. The van der Waals surface area contributed by atoms with Crippen molar-refractivity contribution in [3.05, 3.63) is 29.4 Å². The zero-order valence-corrected chi connectivity index (χ0v) is 12.4. The minimum atomic E-state index is -1.19. The van der Waals surface area contributed by atoms with E-state index in [4.69, 9.17) is 11.6 Å². The Bertz CT molecular complexity index is 617. The molecule has 0 saturated carbocycles. The Kier molecular flexibility index (Phi) is 4.73. The van der Waals surface area contributed by atoms with Crippen LogP contribution in [0.4, 0.5) is 0 Å². The lowest BCUT2D eigenvalue weighted by Gasteiger charge is -2.09. The van der Waals surface area contributed by atoms with Crippen molar-refractivity contribution in [1.82, 2.24) is 15.3 Å². The lowest BCUT2D eigenvalue weighted by atomic mass is 10.3. The maximum Gasteiger partial charge on any atom is 0.165 e. The molecule has 7 heteroatoms. The van der Waals surface area contributed by atoms with Gasteiger partial charge < -0.3 is 5.32 Å². The Morgan fingerprint density at radius 1 is 1.26 bits per heavy atom. The zero-order chi connectivity index (χ0) is 12.5.